The molecule has 19 heavy (non-hydrogen) atoms. The van der Waals surface area contributed by atoms with Gasteiger partial charge in [-0.1, -0.05) is 52.5 Å². The number of benzene rings is 1. The van der Waals surface area contributed by atoms with Crippen LogP contribution in [0.3, 0.4) is 0 Å². The molecule has 0 unspecified atom stereocenters. The van der Waals surface area contributed by atoms with Gasteiger partial charge in [0.2, 0.25) is 0 Å². The van der Waals surface area contributed by atoms with Gasteiger partial charge in [0.1, 0.15) is 10.8 Å². The Bertz CT molecular complexity index is 651. The van der Waals surface area contributed by atoms with Crippen LogP contribution < -0.4 is 5.32 Å². The van der Waals surface area contributed by atoms with E-state index in [1.807, 2.05) is 0 Å². The summed E-state index contributed by atoms with van der Waals surface area (Å²) in [5.41, 5.74) is 0.749. The standard InChI is InChI=1S/C12H8Cl4N2O/c1-18-9(5-7(14)11(18)16)12(19)17-8-4-2-3-6(13)10(8)15/h2-5H,1H3,(H,17,19). The minimum Gasteiger partial charge on any atom is -0.329 e. The maximum atomic E-state index is 12.1. The van der Waals surface area contributed by atoms with Crippen LogP contribution in [0.5, 0.6) is 0 Å². The lowest BCUT2D eigenvalue weighted by Gasteiger charge is -2.08. The van der Waals surface area contributed by atoms with Crippen molar-refractivity contribution in [2.24, 2.45) is 7.05 Å². The zero-order chi connectivity index (χ0) is 14.2. The molecule has 0 fully saturated rings. The summed E-state index contributed by atoms with van der Waals surface area (Å²) in [5, 5.41) is 3.91. The summed E-state index contributed by atoms with van der Waals surface area (Å²) in [6, 6.07) is 6.46. The van der Waals surface area contributed by atoms with Gasteiger partial charge in [0, 0.05) is 7.05 Å². The van der Waals surface area contributed by atoms with Gasteiger partial charge in [-0.2, -0.15) is 0 Å². The van der Waals surface area contributed by atoms with Crippen LogP contribution in [0.15, 0.2) is 24.3 Å². The Morgan fingerprint density at radius 3 is 2.42 bits per heavy atom. The highest BCUT2D eigenvalue weighted by atomic mass is 35.5. The third-order valence-electron chi connectivity index (χ3n) is 2.55. The van der Waals surface area contributed by atoms with Gasteiger partial charge in [0.05, 0.1) is 20.8 Å². The topological polar surface area (TPSA) is 34.0 Å². The molecule has 1 N–H and O–H groups in total. The van der Waals surface area contributed by atoms with Crippen LogP contribution in [0, 0.1) is 0 Å². The Labute approximate surface area is 130 Å². The molecule has 0 aliphatic carbocycles. The van der Waals surface area contributed by atoms with Crippen LogP contribution in [0.25, 0.3) is 0 Å². The van der Waals surface area contributed by atoms with Gasteiger partial charge < -0.3 is 9.88 Å². The molecule has 0 atom stereocenters. The van der Waals surface area contributed by atoms with Crippen molar-refractivity contribution in [3.63, 3.8) is 0 Å². The summed E-state index contributed by atoms with van der Waals surface area (Å²) in [7, 11) is 1.64. The number of nitrogens with one attached hydrogen (secondary N) is 1. The maximum Gasteiger partial charge on any atom is 0.272 e. The van der Waals surface area contributed by atoms with Crippen molar-refractivity contribution in [1.29, 1.82) is 0 Å². The number of hydrogen-bond acceptors (Lipinski definition) is 1. The van der Waals surface area contributed by atoms with Gasteiger partial charge in [-0.25, -0.2) is 0 Å². The lowest BCUT2D eigenvalue weighted by molar-refractivity contribution is 0.101. The average Bonchev–Trinajstić information content (AvgIpc) is 2.63. The summed E-state index contributed by atoms with van der Waals surface area (Å²) >= 11 is 23.6. The molecule has 2 rings (SSSR count). The van der Waals surface area contributed by atoms with Gasteiger partial charge in [0.15, 0.2) is 0 Å². The minimum atomic E-state index is -0.375. The number of aromatic nitrogens is 1. The van der Waals surface area contributed by atoms with E-state index in [1.54, 1.807) is 25.2 Å². The van der Waals surface area contributed by atoms with Gasteiger partial charge in [-0.05, 0) is 18.2 Å². The lowest BCUT2D eigenvalue weighted by atomic mass is 10.3. The predicted octanol–water partition coefficient (Wildman–Crippen LogP) is 4.89. The molecule has 0 aliphatic heterocycles. The van der Waals surface area contributed by atoms with Gasteiger partial charge in [-0.3, -0.25) is 4.79 Å². The van der Waals surface area contributed by atoms with Crippen LogP contribution in [-0.4, -0.2) is 10.5 Å². The SMILES string of the molecule is Cn1c(C(=O)Nc2cccc(Cl)c2Cl)cc(Cl)c1Cl. The van der Waals surface area contributed by atoms with E-state index in [0.29, 0.717) is 26.6 Å². The molecule has 3 nitrogen and oxygen atoms in total. The maximum absolute atomic E-state index is 12.1. The summed E-state index contributed by atoms with van der Waals surface area (Å²) < 4.78 is 1.48. The number of carbonyl (C=O) groups excluding carboxylic acids is 1. The van der Waals surface area contributed by atoms with Gasteiger partial charge >= 0.3 is 0 Å². The van der Waals surface area contributed by atoms with Crippen molar-refractivity contribution >= 4 is 58.0 Å². The molecule has 1 aromatic carbocycles. The second kappa shape index (κ2) is 5.63. The molecule has 0 saturated heterocycles. The highest BCUT2D eigenvalue weighted by molar-refractivity contribution is 6.44. The quantitative estimate of drug-likeness (QED) is 0.831. The Hall–Kier alpha value is -0.870. The summed E-state index contributed by atoms with van der Waals surface area (Å²) in [6.07, 6.45) is 0. The molecule has 1 heterocycles. The molecule has 0 radical (unpaired) electrons. The monoisotopic (exact) mass is 336 g/mol. The summed E-state index contributed by atoms with van der Waals surface area (Å²) in [6.45, 7) is 0. The molecule has 0 aliphatic rings. The van der Waals surface area contributed by atoms with E-state index in [1.165, 1.54) is 10.6 Å². The molecule has 0 saturated carbocycles. The predicted molar refractivity (Wildman–Crippen MR) is 79.8 cm³/mol. The first-order chi connectivity index (χ1) is 8.91. The van der Waals surface area contributed by atoms with E-state index in [9.17, 15) is 4.79 Å². The molecule has 2 aromatic rings. The van der Waals surface area contributed by atoms with E-state index in [4.69, 9.17) is 46.4 Å². The third-order valence-corrected chi connectivity index (χ3v) is 4.21. The van der Waals surface area contributed by atoms with Crippen LogP contribution in [0.4, 0.5) is 5.69 Å². The molecule has 0 bridgehead atoms. The Balaban J connectivity index is 2.31. The van der Waals surface area contributed by atoms with E-state index in [2.05, 4.69) is 5.32 Å². The molecular formula is C12H8Cl4N2O. The fourth-order valence-electron chi connectivity index (χ4n) is 1.55. The first-order valence-corrected chi connectivity index (χ1v) is 6.69. The van der Waals surface area contributed by atoms with Crippen LogP contribution >= 0.6 is 46.4 Å². The van der Waals surface area contributed by atoms with E-state index in [0.717, 1.165) is 0 Å². The summed E-state index contributed by atoms with van der Waals surface area (Å²) in [5.74, 6) is -0.375. The normalized spacial score (nSPS) is 10.6. The number of amides is 1. The second-order valence-electron chi connectivity index (χ2n) is 3.78. The zero-order valence-corrected chi connectivity index (χ0v) is 12.7. The fourth-order valence-corrected chi connectivity index (χ4v) is 2.27. The van der Waals surface area contributed by atoms with Gasteiger partial charge in [-0.15, -0.1) is 0 Å². The van der Waals surface area contributed by atoms with Crippen molar-refractivity contribution in [2.45, 2.75) is 0 Å². The van der Waals surface area contributed by atoms with E-state index in [-0.39, 0.29) is 10.9 Å². The van der Waals surface area contributed by atoms with E-state index >= 15 is 0 Å². The van der Waals surface area contributed by atoms with Crippen LogP contribution in [-0.2, 0) is 7.05 Å². The molecule has 1 amide bonds. The number of halogens is 4. The highest BCUT2D eigenvalue weighted by Gasteiger charge is 2.17. The number of rotatable bonds is 2. The summed E-state index contributed by atoms with van der Waals surface area (Å²) in [4.78, 5) is 12.1. The molecule has 0 spiro atoms. The molecular weight excluding hydrogens is 330 g/mol. The van der Waals surface area contributed by atoms with Crippen molar-refractivity contribution in [1.82, 2.24) is 4.57 Å². The Kier molecular flexibility index (Phi) is 4.31. The fraction of sp³-hybridized carbons (Fsp3) is 0.0833. The zero-order valence-electron chi connectivity index (χ0n) is 9.68. The number of hydrogen-bond donors (Lipinski definition) is 1. The number of anilines is 1. The second-order valence-corrected chi connectivity index (χ2v) is 5.33. The highest BCUT2D eigenvalue weighted by Crippen LogP contribution is 2.31. The Morgan fingerprint density at radius 1 is 1.16 bits per heavy atom. The van der Waals surface area contributed by atoms with Crippen LogP contribution in [0.2, 0.25) is 20.2 Å². The van der Waals surface area contributed by atoms with Crippen molar-refractivity contribution in [3.8, 4) is 0 Å². The number of nitrogens with zero attached hydrogens (tertiary/aromatic N) is 1. The first kappa shape index (κ1) is 14.5. The van der Waals surface area contributed by atoms with Crippen molar-refractivity contribution < 1.29 is 4.79 Å². The molecule has 7 heteroatoms. The molecule has 100 valence electrons. The van der Waals surface area contributed by atoms with Crippen LogP contribution in [0.1, 0.15) is 10.5 Å². The van der Waals surface area contributed by atoms with E-state index < -0.39 is 0 Å². The van der Waals surface area contributed by atoms with Gasteiger partial charge in [0.25, 0.3) is 5.91 Å². The molecule has 1 aromatic heterocycles. The minimum absolute atomic E-state index is 0.281. The third kappa shape index (κ3) is 2.84. The largest absolute Gasteiger partial charge is 0.329 e. The van der Waals surface area contributed by atoms with Crippen molar-refractivity contribution in [2.75, 3.05) is 5.32 Å². The first-order valence-electron chi connectivity index (χ1n) is 5.18. The lowest BCUT2D eigenvalue weighted by Crippen LogP contribution is -2.15. The Morgan fingerprint density at radius 2 is 1.84 bits per heavy atom. The smallest absolute Gasteiger partial charge is 0.272 e. The van der Waals surface area contributed by atoms with Crippen molar-refractivity contribution in [3.05, 3.63) is 50.2 Å². The average molecular weight is 338 g/mol. The number of carbonyl (C=O) groups is 1.